The van der Waals surface area contributed by atoms with Gasteiger partial charge < -0.3 is 5.11 Å². The number of allylic oxidation sites excluding steroid dienone is 1. The first kappa shape index (κ1) is 21.8. The molecule has 2 aromatic rings. The van der Waals surface area contributed by atoms with E-state index in [9.17, 15) is 9.90 Å². The van der Waals surface area contributed by atoms with Crippen LogP contribution in [0.4, 0.5) is 0 Å². The van der Waals surface area contributed by atoms with Crippen LogP contribution in [0.15, 0.2) is 49.1 Å². The van der Waals surface area contributed by atoms with Crippen LogP contribution in [0.3, 0.4) is 0 Å². The van der Waals surface area contributed by atoms with Crippen molar-refractivity contribution in [2.24, 2.45) is 0 Å². The number of ketones is 1. The number of hydrogen-bond acceptors (Lipinski definition) is 2. The number of aryl methyl sites for hydroxylation is 1. The number of carbonyl (C=O) groups is 1. The van der Waals surface area contributed by atoms with E-state index in [0.717, 1.165) is 22.3 Å². The van der Waals surface area contributed by atoms with Crippen molar-refractivity contribution in [3.8, 4) is 0 Å². The van der Waals surface area contributed by atoms with Crippen molar-refractivity contribution in [3.05, 3.63) is 82.4 Å². The predicted octanol–water partition coefficient (Wildman–Crippen LogP) is 6.51. The van der Waals surface area contributed by atoms with E-state index < -0.39 is 6.10 Å². The van der Waals surface area contributed by atoms with Crippen molar-refractivity contribution in [3.63, 3.8) is 0 Å². The van der Waals surface area contributed by atoms with Gasteiger partial charge in [-0.25, -0.2) is 0 Å². The van der Waals surface area contributed by atoms with Gasteiger partial charge in [-0.05, 0) is 76.0 Å². The molecule has 0 radical (unpaired) electrons. The van der Waals surface area contributed by atoms with E-state index in [-0.39, 0.29) is 23.0 Å². The number of benzene rings is 2. The van der Waals surface area contributed by atoms with Crippen LogP contribution in [-0.4, -0.2) is 17.0 Å². The molecule has 0 spiro atoms. The average molecular weight is 415 g/mol. The Balaban J connectivity index is 1.68. The minimum atomic E-state index is -0.545. The molecular formula is C29H34O2. The van der Waals surface area contributed by atoms with Gasteiger partial charge in [-0.1, -0.05) is 76.7 Å². The molecule has 0 amide bonds. The van der Waals surface area contributed by atoms with Crippen molar-refractivity contribution in [1.82, 2.24) is 0 Å². The van der Waals surface area contributed by atoms with Crippen molar-refractivity contribution < 1.29 is 9.90 Å². The highest BCUT2D eigenvalue weighted by atomic mass is 16.3. The van der Waals surface area contributed by atoms with E-state index in [1.807, 2.05) is 18.2 Å². The molecule has 0 aromatic heterocycles. The number of fused-ring (bicyclic) bond motifs is 1. The molecule has 2 aliphatic carbocycles. The molecule has 0 aliphatic heterocycles. The molecule has 1 N–H and O–H groups in total. The molecule has 2 nitrogen and oxygen atoms in total. The quantitative estimate of drug-likeness (QED) is 0.621. The van der Waals surface area contributed by atoms with E-state index in [1.165, 1.54) is 35.1 Å². The van der Waals surface area contributed by atoms with E-state index in [1.54, 1.807) is 0 Å². The van der Waals surface area contributed by atoms with Gasteiger partial charge in [0, 0.05) is 12.0 Å². The lowest BCUT2D eigenvalue weighted by Gasteiger charge is -2.42. The van der Waals surface area contributed by atoms with Crippen LogP contribution in [0, 0.1) is 6.92 Å². The monoisotopic (exact) mass is 414 g/mol. The SMILES string of the molecule is C=C(c1ccc(C2=CCC(O)CC2=O)cc1)c1cc2c(cc1C)C(C)(C)CCC2(C)C. The topological polar surface area (TPSA) is 37.3 Å². The third kappa shape index (κ3) is 3.94. The Labute approximate surface area is 186 Å². The minimum Gasteiger partial charge on any atom is -0.392 e. The van der Waals surface area contributed by atoms with Crippen LogP contribution in [-0.2, 0) is 15.6 Å². The number of Topliss-reactive ketones (excluding diaryl/α,β-unsaturated/α-hetero) is 1. The highest BCUT2D eigenvalue weighted by molar-refractivity contribution is 6.21. The molecule has 2 aromatic carbocycles. The molecule has 1 unspecified atom stereocenters. The summed E-state index contributed by atoms with van der Waals surface area (Å²) in [6, 6.07) is 12.9. The summed E-state index contributed by atoms with van der Waals surface area (Å²) in [4.78, 5) is 12.3. The molecule has 2 heteroatoms. The van der Waals surface area contributed by atoms with Gasteiger partial charge in [0.25, 0.3) is 0 Å². The van der Waals surface area contributed by atoms with Gasteiger partial charge in [-0.3, -0.25) is 4.79 Å². The second-order valence-electron chi connectivity index (χ2n) is 10.7. The Hall–Kier alpha value is -2.45. The van der Waals surface area contributed by atoms with E-state index >= 15 is 0 Å². The van der Waals surface area contributed by atoms with Gasteiger partial charge in [0.15, 0.2) is 5.78 Å². The first-order chi connectivity index (χ1) is 14.5. The lowest BCUT2D eigenvalue weighted by atomic mass is 9.62. The van der Waals surface area contributed by atoms with Gasteiger partial charge >= 0.3 is 0 Å². The van der Waals surface area contributed by atoms with Crippen molar-refractivity contribution in [1.29, 1.82) is 0 Å². The summed E-state index contributed by atoms with van der Waals surface area (Å²) in [6.45, 7) is 16.0. The first-order valence-electron chi connectivity index (χ1n) is 11.4. The molecule has 1 atom stereocenters. The highest BCUT2D eigenvalue weighted by Gasteiger charge is 2.37. The van der Waals surface area contributed by atoms with Crippen LogP contribution in [0.1, 0.15) is 86.8 Å². The van der Waals surface area contributed by atoms with Crippen LogP contribution >= 0.6 is 0 Å². The smallest absolute Gasteiger partial charge is 0.165 e. The van der Waals surface area contributed by atoms with Gasteiger partial charge in [0.2, 0.25) is 0 Å². The van der Waals surface area contributed by atoms with Gasteiger partial charge in [-0.2, -0.15) is 0 Å². The Kier molecular flexibility index (Phi) is 5.34. The van der Waals surface area contributed by atoms with Crippen LogP contribution in [0.25, 0.3) is 11.1 Å². The molecule has 0 saturated heterocycles. The zero-order chi connectivity index (χ0) is 22.6. The highest BCUT2D eigenvalue weighted by Crippen LogP contribution is 2.47. The third-order valence-corrected chi connectivity index (χ3v) is 7.38. The van der Waals surface area contributed by atoms with Gasteiger partial charge in [0.1, 0.15) is 0 Å². The lowest BCUT2D eigenvalue weighted by Crippen LogP contribution is -2.34. The Morgan fingerprint density at radius 1 is 1.00 bits per heavy atom. The summed E-state index contributed by atoms with van der Waals surface area (Å²) in [5.74, 6) is 0.0145. The standard InChI is InChI=1S/C29H34O2/c1-18-15-25-26(29(5,6)14-13-28(25,3)4)17-24(18)19(2)20-7-9-21(10-8-20)23-12-11-22(30)16-27(23)31/h7-10,12,15,17,22,30H,2,11,13-14,16H2,1,3-6H3. The maximum Gasteiger partial charge on any atom is 0.165 e. The lowest BCUT2D eigenvalue weighted by molar-refractivity contribution is -0.115. The molecule has 0 heterocycles. The zero-order valence-electron chi connectivity index (χ0n) is 19.5. The van der Waals surface area contributed by atoms with Crippen molar-refractivity contribution in [2.45, 2.75) is 77.2 Å². The summed E-state index contributed by atoms with van der Waals surface area (Å²) in [5.41, 5.74) is 9.47. The maximum atomic E-state index is 12.3. The van der Waals surface area contributed by atoms with E-state index in [4.69, 9.17) is 0 Å². The summed E-state index contributed by atoms with van der Waals surface area (Å²) < 4.78 is 0. The van der Waals surface area contributed by atoms with Crippen LogP contribution in [0.5, 0.6) is 0 Å². The minimum absolute atomic E-state index is 0.0145. The number of hydrogen-bond donors (Lipinski definition) is 1. The number of carbonyl (C=O) groups excluding carboxylic acids is 1. The Morgan fingerprint density at radius 2 is 1.58 bits per heavy atom. The Morgan fingerprint density at radius 3 is 2.16 bits per heavy atom. The molecule has 0 saturated carbocycles. The van der Waals surface area contributed by atoms with Crippen molar-refractivity contribution >= 4 is 16.9 Å². The summed E-state index contributed by atoms with van der Waals surface area (Å²) in [6.07, 6.45) is 4.46. The molecule has 0 bridgehead atoms. The van der Waals surface area contributed by atoms with Crippen molar-refractivity contribution in [2.75, 3.05) is 0 Å². The predicted molar refractivity (Wildman–Crippen MR) is 129 cm³/mol. The summed E-state index contributed by atoms with van der Waals surface area (Å²) in [5, 5.41) is 9.69. The maximum absolute atomic E-state index is 12.3. The fourth-order valence-corrected chi connectivity index (χ4v) is 5.11. The molecule has 4 rings (SSSR count). The van der Waals surface area contributed by atoms with Crippen LogP contribution in [0.2, 0.25) is 0 Å². The van der Waals surface area contributed by atoms with E-state index in [2.05, 4.69) is 65.5 Å². The molecular weight excluding hydrogens is 380 g/mol. The molecule has 31 heavy (non-hydrogen) atoms. The Bertz CT molecular complexity index is 1080. The normalized spacial score (nSPS) is 21.9. The van der Waals surface area contributed by atoms with Gasteiger partial charge in [0.05, 0.1) is 6.10 Å². The number of rotatable bonds is 3. The second kappa shape index (κ2) is 7.60. The molecule has 162 valence electrons. The third-order valence-electron chi connectivity index (χ3n) is 7.38. The summed E-state index contributed by atoms with van der Waals surface area (Å²) >= 11 is 0. The fourth-order valence-electron chi connectivity index (χ4n) is 5.11. The largest absolute Gasteiger partial charge is 0.392 e. The first-order valence-corrected chi connectivity index (χ1v) is 11.4. The number of aliphatic hydroxyl groups excluding tert-OH is 1. The second-order valence-corrected chi connectivity index (χ2v) is 10.7. The number of aliphatic hydroxyl groups is 1. The fraction of sp³-hybridized carbons (Fsp3) is 0.414. The zero-order valence-corrected chi connectivity index (χ0v) is 19.5. The van der Waals surface area contributed by atoms with Gasteiger partial charge in [-0.15, -0.1) is 0 Å². The van der Waals surface area contributed by atoms with Crippen LogP contribution < -0.4 is 0 Å². The average Bonchev–Trinajstić information content (AvgIpc) is 2.71. The summed E-state index contributed by atoms with van der Waals surface area (Å²) in [7, 11) is 0. The molecule has 0 fully saturated rings. The van der Waals surface area contributed by atoms with E-state index in [0.29, 0.717) is 6.42 Å². The molecule has 2 aliphatic rings.